The molecule has 1 amide bonds. The largest absolute Gasteiger partial charge is 0.484 e. The minimum Gasteiger partial charge on any atom is -0.484 e. The third kappa shape index (κ3) is 4.75. The van der Waals surface area contributed by atoms with Gasteiger partial charge in [-0.2, -0.15) is 0 Å². The first-order valence-corrected chi connectivity index (χ1v) is 6.65. The van der Waals surface area contributed by atoms with Gasteiger partial charge in [0.15, 0.2) is 6.61 Å². The van der Waals surface area contributed by atoms with Gasteiger partial charge in [0, 0.05) is 10.9 Å². The SMILES string of the molecule is CCC(C)(CCl)NC(=O)COc1ccc(Cl)cc1. The van der Waals surface area contributed by atoms with E-state index in [0.29, 0.717) is 16.7 Å². The molecule has 1 aromatic carbocycles. The molecular weight excluding hydrogens is 273 g/mol. The van der Waals surface area contributed by atoms with Gasteiger partial charge in [0.1, 0.15) is 5.75 Å². The topological polar surface area (TPSA) is 38.3 Å². The van der Waals surface area contributed by atoms with Gasteiger partial charge in [0.05, 0.1) is 5.54 Å². The van der Waals surface area contributed by atoms with Gasteiger partial charge in [0.2, 0.25) is 0 Å². The molecule has 0 radical (unpaired) electrons. The lowest BCUT2D eigenvalue weighted by Gasteiger charge is -2.26. The number of hydrogen-bond acceptors (Lipinski definition) is 2. The number of alkyl halides is 1. The van der Waals surface area contributed by atoms with Gasteiger partial charge < -0.3 is 10.1 Å². The summed E-state index contributed by atoms with van der Waals surface area (Å²) in [5.74, 6) is 0.796. The van der Waals surface area contributed by atoms with Crippen LogP contribution in [0.15, 0.2) is 24.3 Å². The Hall–Kier alpha value is -0.930. The number of benzene rings is 1. The normalized spacial score (nSPS) is 13.8. The summed E-state index contributed by atoms with van der Waals surface area (Å²) in [5.41, 5.74) is -0.387. The Morgan fingerprint density at radius 1 is 1.39 bits per heavy atom. The van der Waals surface area contributed by atoms with E-state index in [2.05, 4.69) is 5.32 Å². The van der Waals surface area contributed by atoms with Crippen molar-refractivity contribution in [3.63, 3.8) is 0 Å². The predicted octanol–water partition coefficient (Wildman–Crippen LogP) is 3.24. The van der Waals surface area contributed by atoms with Crippen LogP contribution in [-0.2, 0) is 4.79 Å². The molecule has 0 aromatic heterocycles. The maximum atomic E-state index is 11.7. The second-order valence-corrected chi connectivity index (χ2v) is 5.04. The van der Waals surface area contributed by atoms with Gasteiger partial charge >= 0.3 is 0 Å². The molecule has 3 nitrogen and oxygen atoms in total. The lowest BCUT2D eigenvalue weighted by Crippen LogP contribution is -2.48. The summed E-state index contributed by atoms with van der Waals surface area (Å²) >= 11 is 11.6. The fourth-order valence-corrected chi connectivity index (χ4v) is 1.65. The smallest absolute Gasteiger partial charge is 0.258 e. The maximum Gasteiger partial charge on any atom is 0.258 e. The molecule has 0 saturated heterocycles. The van der Waals surface area contributed by atoms with E-state index in [9.17, 15) is 4.79 Å². The highest BCUT2D eigenvalue weighted by atomic mass is 35.5. The quantitative estimate of drug-likeness (QED) is 0.817. The highest BCUT2D eigenvalue weighted by Gasteiger charge is 2.23. The van der Waals surface area contributed by atoms with Crippen LogP contribution >= 0.6 is 23.2 Å². The Morgan fingerprint density at radius 3 is 2.50 bits per heavy atom. The average molecular weight is 290 g/mol. The zero-order valence-electron chi connectivity index (χ0n) is 10.5. The van der Waals surface area contributed by atoms with Crippen LogP contribution < -0.4 is 10.1 Å². The standard InChI is InChI=1S/C13H17Cl2NO2/c1-3-13(2,9-14)16-12(17)8-18-11-6-4-10(15)5-7-11/h4-7H,3,8-9H2,1-2H3,(H,16,17). The lowest BCUT2D eigenvalue weighted by atomic mass is 10.0. The zero-order valence-corrected chi connectivity index (χ0v) is 12.0. The molecule has 18 heavy (non-hydrogen) atoms. The summed E-state index contributed by atoms with van der Waals surface area (Å²) in [5, 5.41) is 3.48. The van der Waals surface area contributed by atoms with E-state index in [0.717, 1.165) is 6.42 Å². The van der Waals surface area contributed by atoms with Crippen LogP contribution in [0.1, 0.15) is 20.3 Å². The Labute approximate surface area is 117 Å². The van der Waals surface area contributed by atoms with Crippen molar-refractivity contribution in [1.82, 2.24) is 5.32 Å². The Balaban J connectivity index is 2.44. The van der Waals surface area contributed by atoms with Crippen molar-refractivity contribution in [3.8, 4) is 5.75 Å². The number of rotatable bonds is 6. The van der Waals surface area contributed by atoms with E-state index < -0.39 is 0 Å². The predicted molar refractivity (Wildman–Crippen MR) is 74.5 cm³/mol. The lowest BCUT2D eigenvalue weighted by molar-refractivity contribution is -0.124. The average Bonchev–Trinajstić information content (AvgIpc) is 2.38. The molecule has 0 saturated carbocycles. The van der Waals surface area contributed by atoms with Crippen LogP contribution in [0.5, 0.6) is 5.75 Å². The second kappa shape index (κ2) is 6.86. The van der Waals surface area contributed by atoms with Gasteiger partial charge in [-0.25, -0.2) is 0 Å². The summed E-state index contributed by atoms with van der Waals surface area (Å²) in [6.07, 6.45) is 0.767. The van der Waals surface area contributed by atoms with Gasteiger partial charge in [-0.3, -0.25) is 4.79 Å². The molecule has 0 spiro atoms. The van der Waals surface area contributed by atoms with Crippen molar-refractivity contribution in [1.29, 1.82) is 0 Å². The van der Waals surface area contributed by atoms with Crippen LogP contribution in [0, 0.1) is 0 Å². The molecule has 100 valence electrons. The number of nitrogens with one attached hydrogen (secondary N) is 1. The van der Waals surface area contributed by atoms with Crippen molar-refractivity contribution in [2.75, 3.05) is 12.5 Å². The molecule has 5 heteroatoms. The minimum absolute atomic E-state index is 0.0336. The van der Waals surface area contributed by atoms with E-state index in [1.165, 1.54) is 0 Å². The Morgan fingerprint density at radius 2 is 2.00 bits per heavy atom. The van der Waals surface area contributed by atoms with Gasteiger partial charge in [0.25, 0.3) is 5.91 Å². The van der Waals surface area contributed by atoms with E-state index in [1.807, 2.05) is 13.8 Å². The molecule has 1 aromatic rings. The summed E-state index contributed by atoms with van der Waals surface area (Å²) < 4.78 is 5.34. The summed E-state index contributed by atoms with van der Waals surface area (Å²) in [7, 11) is 0. The van der Waals surface area contributed by atoms with Crippen LogP contribution in [0.3, 0.4) is 0 Å². The molecule has 0 aliphatic rings. The number of halogens is 2. The van der Waals surface area contributed by atoms with Crippen molar-refractivity contribution in [2.45, 2.75) is 25.8 Å². The first-order valence-electron chi connectivity index (χ1n) is 5.74. The van der Waals surface area contributed by atoms with Gasteiger partial charge in [-0.05, 0) is 37.6 Å². The summed E-state index contributed by atoms with van der Waals surface area (Å²) in [4.78, 5) is 11.7. The number of carbonyl (C=O) groups excluding carboxylic acids is 1. The molecular formula is C13H17Cl2NO2. The highest BCUT2D eigenvalue weighted by Crippen LogP contribution is 2.15. The number of carbonyl (C=O) groups is 1. The minimum atomic E-state index is -0.387. The molecule has 1 atom stereocenters. The molecule has 0 fully saturated rings. The molecule has 0 aliphatic carbocycles. The fourth-order valence-electron chi connectivity index (χ4n) is 1.27. The van der Waals surface area contributed by atoms with Crippen molar-refractivity contribution in [3.05, 3.63) is 29.3 Å². The third-order valence-electron chi connectivity index (χ3n) is 2.70. The first-order chi connectivity index (χ1) is 8.49. The van der Waals surface area contributed by atoms with Crippen molar-refractivity contribution >= 4 is 29.1 Å². The second-order valence-electron chi connectivity index (χ2n) is 4.34. The monoisotopic (exact) mass is 289 g/mol. The Kier molecular flexibility index (Phi) is 5.76. The molecule has 0 bridgehead atoms. The van der Waals surface area contributed by atoms with E-state index in [1.54, 1.807) is 24.3 Å². The van der Waals surface area contributed by atoms with E-state index in [-0.39, 0.29) is 18.1 Å². The molecule has 1 unspecified atom stereocenters. The van der Waals surface area contributed by atoms with Crippen LogP contribution in [0.2, 0.25) is 5.02 Å². The first kappa shape index (κ1) is 15.1. The summed E-state index contributed by atoms with van der Waals surface area (Å²) in [6.45, 7) is 3.84. The van der Waals surface area contributed by atoms with Crippen LogP contribution in [0.25, 0.3) is 0 Å². The van der Waals surface area contributed by atoms with Crippen LogP contribution in [0.4, 0.5) is 0 Å². The van der Waals surface area contributed by atoms with Crippen molar-refractivity contribution < 1.29 is 9.53 Å². The molecule has 1 rings (SSSR count). The van der Waals surface area contributed by atoms with Gasteiger partial charge in [-0.1, -0.05) is 18.5 Å². The Bertz CT molecular complexity index is 388. The highest BCUT2D eigenvalue weighted by molar-refractivity contribution is 6.30. The van der Waals surface area contributed by atoms with E-state index in [4.69, 9.17) is 27.9 Å². The number of ether oxygens (including phenoxy) is 1. The van der Waals surface area contributed by atoms with Crippen molar-refractivity contribution in [2.24, 2.45) is 0 Å². The maximum absolute atomic E-state index is 11.7. The number of amides is 1. The fraction of sp³-hybridized carbons (Fsp3) is 0.462. The molecule has 1 N–H and O–H groups in total. The van der Waals surface area contributed by atoms with Crippen LogP contribution in [-0.4, -0.2) is 23.9 Å². The zero-order chi connectivity index (χ0) is 13.6. The number of hydrogen-bond donors (Lipinski definition) is 1. The molecule has 0 heterocycles. The van der Waals surface area contributed by atoms with Gasteiger partial charge in [-0.15, -0.1) is 11.6 Å². The molecule has 0 aliphatic heterocycles. The van der Waals surface area contributed by atoms with E-state index >= 15 is 0 Å². The third-order valence-corrected chi connectivity index (χ3v) is 3.54. The summed E-state index contributed by atoms with van der Waals surface area (Å²) in [6, 6.07) is 6.86.